The molecule has 0 saturated carbocycles. The van der Waals surface area contributed by atoms with Gasteiger partial charge in [0.25, 0.3) is 5.56 Å². The van der Waals surface area contributed by atoms with E-state index >= 15 is 0 Å². The molecule has 0 fully saturated rings. The molecule has 6 heteroatoms. The molecule has 17 heavy (non-hydrogen) atoms. The third kappa shape index (κ3) is 2.66. The van der Waals surface area contributed by atoms with Crippen LogP contribution in [-0.2, 0) is 13.6 Å². The average molecular weight is 231 g/mol. The molecule has 88 valence electrons. The fourth-order valence-corrected chi connectivity index (χ4v) is 1.40. The molecule has 0 aliphatic carbocycles. The van der Waals surface area contributed by atoms with Crippen LogP contribution in [0.4, 0.5) is 5.82 Å². The zero-order valence-electron chi connectivity index (χ0n) is 9.71. The van der Waals surface area contributed by atoms with Crippen LogP contribution in [0.1, 0.15) is 11.5 Å². The van der Waals surface area contributed by atoms with Gasteiger partial charge in [-0.25, -0.2) is 15.0 Å². The van der Waals surface area contributed by atoms with Crippen LogP contribution in [0.2, 0.25) is 0 Å². The van der Waals surface area contributed by atoms with Gasteiger partial charge in [-0.2, -0.15) is 0 Å². The Morgan fingerprint density at radius 2 is 2.18 bits per heavy atom. The van der Waals surface area contributed by atoms with Crippen LogP contribution in [0.15, 0.2) is 29.5 Å². The van der Waals surface area contributed by atoms with Crippen LogP contribution in [0.25, 0.3) is 0 Å². The van der Waals surface area contributed by atoms with Crippen molar-refractivity contribution in [3.05, 3.63) is 46.5 Å². The van der Waals surface area contributed by atoms with Crippen LogP contribution in [0.5, 0.6) is 0 Å². The summed E-state index contributed by atoms with van der Waals surface area (Å²) in [6, 6.07) is 1.80. The number of anilines is 1. The molecule has 2 rings (SSSR count). The van der Waals surface area contributed by atoms with Crippen LogP contribution in [0, 0.1) is 6.92 Å². The van der Waals surface area contributed by atoms with Gasteiger partial charge in [0.1, 0.15) is 5.82 Å². The minimum Gasteiger partial charge on any atom is -0.360 e. The molecule has 2 heterocycles. The lowest BCUT2D eigenvalue weighted by molar-refractivity contribution is 0.836. The first kappa shape index (κ1) is 11.3. The van der Waals surface area contributed by atoms with Gasteiger partial charge >= 0.3 is 0 Å². The van der Waals surface area contributed by atoms with E-state index in [0.29, 0.717) is 18.2 Å². The van der Waals surface area contributed by atoms with Gasteiger partial charge in [-0.15, -0.1) is 0 Å². The molecule has 1 N–H and O–H groups in total. The number of nitrogens with zero attached hydrogens (tertiary/aromatic N) is 4. The van der Waals surface area contributed by atoms with Gasteiger partial charge in [0.15, 0.2) is 5.82 Å². The van der Waals surface area contributed by atoms with Gasteiger partial charge in [-0.3, -0.25) is 4.79 Å². The van der Waals surface area contributed by atoms with Crippen LogP contribution in [-0.4, -0.2) is 19.5 Å². The van der Waals surface area contributed by atoms with Crippen molar-refractivity contribution < 1.29 is 0 Å². The van der Waals surface area contributed by atoms with E-state index in [4.69, 9.17) is 0 Å². The monoisotopic (exact) mass is 231 g/mol. The summed E-state index contributed by atoms with van der Waals surface area (Å²) in [5.74, 6) is 1.03. The van der Waals surface area contributed by atoms with Crippen molar-refractivity contribution in [2.75, 3.05) is 5.32 Å². The van der Waals surface area contributed by atoms with E-state index in [1.165, 1.54) is 4.57 Å². The number of rotatable bonds is 3. The molecule has 0 amide bonds. The summed E-state index contributed by atoms with van der Waals surface area (Å²) in [6.45, 7) is 2.28. The summed E-state index contributed by atoms with van der Waals surface area (Å²) in [5, 5.41) is 2.96. The second-order valence-electron chi connectivity index (χ2n) is 3.64. The molecule has 0 spiro atoms. The maximum atomic E-state index is 11.7. The lowest BCUT2D eigenvalue weighted by atomic mass is 10.4. The smallest absolute Gasteiger partial charge is 0.293 e. The Morgan fingerprint density at radius 3 is 2.94 bits per heavy atom. The van der Waals surface area contributed by atoms with Crippen LogP contribution < -0.4 is 10.9 Å². The predicted octanol–water partition coefficient (Wildman–Crippen LogP) is 0.491. The molecule has 0 radical (unpaired) electrons. The predicted molar refractivity (Wildman–Crippen MR) is 63.6 cm³/mol. The Bertz CT molecular complexity index is 578. The topological polar surface area (TPSA) is 72.7 Å². The summed E-state index contributed by atoms with van der Waals surface area (Å²) >= 11 is 0. The molecule has 0 atom stereocenters. The standard InChI is InChI=1S/C11H13N5O/c1-8-12-4-3-9(15-8)7-14-10-11(17)16(2)6-5-13-10/h3-6H,7H2,1-2H3,(H,13,14). The Kier molecular flexibility index (Phi) is 3.13. The maximum Gasteiger partial charge on any atom is 0.293 e. The van der Waals surface area contributed by atoms with Crippen molar-refractivity contribution in [3.8, 4) is 0 Å². The molecule has 0 aromatic carbocycles. The first-order valence-corrected chi connectivity index (χ1v) is 5.21. The molecule has 0 saturated heterocycles. The number of aromatic nitrogens is 4. The molecule has 6 nitrogen and oxygen atoms in total. The van der Waals surface area contributed by atoms with E-state index < -0.39 is 0 Å². The number of aryl methyl sites for hydroxylation is 2. The Morgan fingerprint density at radius 1 is 1.35 bits per heavy atom. The molecular weight excluding hydrogens is 218 g/mol. The molecule has 0 bridgehead atoms. The zero-order chi connectivity index (χ0) is 12.3. The lowest BCUT2D eigenvalue weighted by Crippen LogP contribution is -2.22. The van der Waals surface area contributed by atoms with Crippen molar-refractivity contribution >= 4 is 5.82 Å². The Balaban J connectivity index is 2.13. The fourth-order valence-electron chi connectivity index (χ4n) is 1.40. The molecule has 0 aliphatic rings. The summed E-state index contributed by atoms with van der Waals surface area (Å²) in [5.41, 5.74) is 0.670. The minimum atomic E-state index is -0.154. The highest BCUT2D eigenvalue weighted by molar-refractivity contribution is 5.31. The van der Waals surface area contributed by atoms with E-state index in [2.05, 4.69) is 20.3 Å². The summed E-state index contributed by atoms with van der Waals surface area (Å²) in [4.78, 5) is 23.9. The Hall–Kier alpha value is -2.24. The molecule has 0 aliphatic heterocycles. The van der Waals surface area contributed by atoms with Gasteiger partial charge in [0, 0.05) is 25.6 Å². The summed E-state index contributed by atoms with van der Waals surface area (Å²) < 4.78 is 1.47. The van der Waals surface area contributed by atoms with E-state index in [1.807, 2.05) is 6.92 Å². The third-order valence-corrected chi connectivity index (χ3v) is 2.29. The van der Waals surface area contributed by atoms with E-state index in [9.17, 15) is 4.79 Å². The van der Waals surface area contributed by atoms with E-state index in [-0.39, 0.29) is 5.56 Å². The van der Waals surface area contributed by atoms with E-state index in [0.717, 1.165) is 5.69 Å². The zero-order valence-corrected chi connectivity index (χ0v) is 9.71. The number of hydrogen-bond acceptors (Lipinski definition) is 5. The van der Waals surface area contributed by atoms with Crippen molar-refractivity contribution in [1.29, 1.82) is 0 Å². The van der Waals surface area contributed by atoms with Crippen LogP contribution in [0.3, 0.4) is 0 Å². The van der Waals surface area contributed by atoms with Crippen LogP contribution >= 0.6 is 0 Å². The second kappa shape index (κ2) is 4.73. The number of hydrogen-bond donors (Lipinski definition) is 1. The molecular formula is C11H13N5O. The summed E-state index contributed by atoms with van der Waals surface area (Å²) in [6.07, 6.45) is 4.88. The van der Waals surface area contributed by atoms with Gasteiger partial charge in [0.2, 0.25) is 0 Å². The fraction of sp³-hybridized carbons (Fsp3) is 0.273. The first-order chi connectivity index (χ1) is 8.16. The van der Waals surface area contributed by atoms with Gasteiger partial charge in [0.05, 0.1) is 12.2 Å². The van der Waals surface area contributed by atoms with Crippen molar-refractivity contribution in [2.24, 2.45) is 7.05 Å². The van der Waals surface area contributed by atoms with Gasteiger partial charge in [-0.1, -0.05) is 0 Å². The maximum absolute atomic E-state index is 11.7. The first-order valence-electron chi connectivity index (χ1n) is 5.21. The number of nitrogens with one attached hydrogen (secondary N) is 1. The largest absolute Gasteiger partial charge is 0.360 e. The Labute approximate surface area is 98.4 Å². The average Bonchev–Trinajstić information content (AvgIpc) is 2.31. The minimum absolute atomic E-state index is 0.154. The summed E-state index contributed by atoms with van der Waals surface area (Å²) in [7, 11) is 1.68. The van der Waals surface area contributed by atoms with Gasteiger partial charge < -0.3 is 9.88 Å². The van der Waals surface area contributed by atoms with Crippen molar-refractivity contribution in [1.82, 2.24) is 19.5 Å². The van der Waals surface area contributed by atoms with Crippen molar-refractivity contribution in [2.45, 2.75) is 13.5 Å². The van der Waals surface area contributed by atoms with Crippen molar-refractivity contribution in [3.63, 3.8) is 0 Å². The third-order valence-electron chi connectivity index (χ3n) is 2.29. The normalized spacial score (nSPS) is 10.2. The lowest BCUT2D eigenvalue weighted by Gasteiger charge is -2.05. The molecule has 2 aromatic heterocycles. The quantitative estimate of drug-likeness (QED) is 0.832. The van der Waals surface area contributed by atoms with Gasteiger partial charge in [-0.05, 0) is 13.0 Å². The molecule has 0 unspecified atom stereocenters. The highest BCUT2D eigenvalue weighted by Gasteiger charge is 2.02. The second-order valence-corrected chi connectivity index (χ2v) is 3.64. The highest BCUT2D eigenvalue weighted by atomic mass is 16.1. The highest BCUT2D eigenvalue weighted by Crippen LogP contribution is 1.99. The molecule has 2 aromatic rings. The SMILES string of the molecule is Cc1nccc(CNc2nccn(C)c2=O)n1. The van der Waals surface area contributed by atoms with E-state index in [1.54, 1.807) is 31.7 Å².